The predicted molar refractivity (Wildman–Crippen MR) is 80.4 cm³/mol. The fraction of sp³-hybridized carbons (Fsp3) is 0.786. The number of rotatable bonds is 5. The predicted octanol–water partition coefficient (Wildman–Crippen LogP) is 0.965. The number of nitrogens with one attached hydrogen (secondary N) is 1. The highest BCUT2D eigenvalue weighted by atomic mass is 16.5. The van der Waals surface area contributed by atoms with Gasteiger partial charge in [-0.2, -0.15) is 0 Å². The first-order chi connectivity index (χ1) is 8.85. The first kappa shape index (κ1) is 16.0. The summed E-state index contributed by atoms with van der Waals surface area (Å²) in [6, 6.07) is 0. The largest absolute Gasteiger partial charge is 0.373 e. The van der Waals surface area contributed by atoms with Crippen LogP contribution in [0, 0.1) is 0 Å². The standard InChI is InChI=1S/C14H28N4O/c1-6-7-16-13(15)17-10-14(4,5)18-8-11(2)19-12(3)9-18/h6,11-12H,1,7-10H2,2-5H3,(H3,15,16,17). The van der Waals surface area contributed by atoms with Crippen molar-refractivity contribution in [3.05, 3.63) is 12.7 Å². The molecule has 5 nitrogen and oxygen atoms in total. The lowest BCUT2D eigenvalue weighted by molar-refractivity contribution is -0.0939. The molecule has 0 aromatic carbocycles. The lowest BCUT2D eigenvalue weighted by Gasteiger charge is -2.44. The van der Waals surface area contributed by atoms with E-state index in [9.17, 15) is 0 Å². The summed E-state index contributed by atoms with van der Waals surface area (Å²) < 4.78 is 5.76. The Bertz CT molecular complexity index is 317. The Balaban J connectivity index is 2.56. The second-order valence-electron chi connectivity index (χ2n) is 5.85. The Labute approximate surface area is 116 Å². The van der Waals surface area contributed by atoms with Crippen LogP contribution in [-0.4, -0.2) is 54.8 Å². The molecule has 0 aliphatic carbocycles. The van der Waals surface area contributed by atoms with Crippen molar-refractivity contribution in [2.24, 2.45) is 10.7 Å². The lowest BCUT2D eigenvalue weighted by Crippen LogP contribution is -2.56. The summed E-state index contributed by atoms with van der Waals surface area (Å²) in [7, 11) is 0. The van der Waals surface area contributed by atoms with Crippen molar-refractivity contribution in [1.29, 1.82) is 0 Å². The van der Waals surface area contributed by atoms with Crippen LogP contribution in [0.2, 0.25) is 0 Å². The Morgan fingerprint density at radius 3 is 2.58 bits per heavy atom. The van der Waals surface area contributed by atoms with Crippen LogP contribution in [0.1, 0.15) is 27.7 Å². The summed E-state index contributed by atoms with van der Waals surface area (Å²) in [5.41, 5.74) is 5.78. The first-order valence-corrected chi connectivity index (χ1v) is 6.90. The van der Waals surface area contributed by atoms with E-state index in [2.05, 4.69) is 49.5 Å². The van der Waals surface area contributed by atoms with Gasteiger partial charge >= 0.3 is 0 Å². The Kier molecular flexibility index (Phi) is 5.82. The number of nitrogens with two attached hydrogens (primary N) is 1. The summed E-state index contributed by atoms with van der Waals surface area (Å²) in [5, 5.41) is 2.99. The highest BCUT2D eigenvalue weighted by Crippen LogP contribution is 2.21. The summed E-state index contributed by atoms with van der Waals surface area (Å²) in [6.45, 7) is 15.4. The maximum absolute atomic E-state index is 5.80. The minimum absolute atomic E-state index is 0.0211. The molecule has 110 valence electrons. The highest BCUT2D eigenvalue weighted by molar-refractivity contribution is 5.77. The number of ether oxygens (including phenoxy) is 1. The van der Waals surface area contributed by atoms with Crippen molar-refractivity contribution < 1.29 is 4.74 Å². The van der Waals surface area contributed by atoms with E-state index in [0.29, 0.717) is 19.0 Å². The summed E-state index contributed by atoms with van der Waals surface area (Å²) in [4.78, 5) is 6.84. The number of hydrogen-bond acceptors (Lipinski definition) is 3. The molecule has 2 unspecified atom stereocenters. The monoisotopic (exact) mass is 268 g/mol. The molecule has 1 fully saturated rings. The van der Waals surface area contributed by atoms with Crippen LogP contribution < -0.4 is 11.1 Å². The molecule has 0 aromatic rings. The molecule has 19 heavy (non-hydrogen) atoms. The molecule has 5 heteroatoms. The van der Waals surface area contributed by atoms with Crippen LogP contribution in [0.3, 0.4) is 0 Å². The maximum Gasteiger partial charge on any atom is 0.188 e. The second-order valence-corrected chi connectivity index (χ2v) is 5.85. The average Bonchev–Trinajstić information content (AvgIpc) is 2.32. The van der Waals surface area contributed by atoms with Crippen molar-refractivity contribution in [2.75, 3.05) is 26.2 Å². The smallest absolute Gasteiger partial charge is 0.188 e. The molecule has 1 aliphatic rings. The third-order valence-corrected chi connectivity index (χ3v) is 3.34. The second kappa shape index (κ2) is 6.91. The van der Waals surface area contributed by atoms with E-state index >= 15 is 0 Å². The molecular formula is C14H28N4O. The summed E-state index contributed by atoms with van der Waals surface area (Å²) in [5.74, 6) is 0.474. The Morgan fingerprint density at radius 2 is 2.05 bits per heavy atom. The zero-order valence-electron chi connectivity index (χ0n) is 12.6. The third-order valence-electron chi connectivity index (χ3n) is 3.34. The Hall–Kier alpha value is -1.07. The number of aliphatic imine (C=N–C) groups is 1. The van der Waals surface area contributed by atoms with Crippen molar-refractivity contribution >= 4 is 5.96 Å². The topological polar surface area (TPSA) is 62.9 Å². The van der Waals surface area contributed by atoms with Gasteiger partial charge in [0.1, 0.15) is 0 Å². The van der Waals surface area contributed by atoms with Gasteiger partial charge in [0.2, 0.25) is 0 Å². The normalized spacial score (nSPS) is 26.2. The van der Waals surface area contributed by atoms with Gasteiger partial charge in [0.25, 0.3) is 0 Å². The van der Waals surface area contributed by atoms with Gasteiger partial charge in [-0.25, -0.2) is 0 Å². The first-order valence-electron chi connectivity index (χ1n) is 6.90. The average molecular weight is 268 g/mol. The summed E-state index contributed by atoms with van der Waals surface area (Å²) >= 11 is 0. The van der Waals surface area contributed by atoms with Gasteiger partial charge in [0, 0.05) is 25.2 Å². The van der Waals surface area contributed by atoms with Crippen molar-refractivity contribution in [2.45, 2.75) is 45.4 Å². The molecule has 0 radical (unpaired) electrons. The van der Waals surface area contributed by atoms with Crippen LogP contribution in [0.25, 0.3) is 0 Å². The molecule has 1 rings (SSSR count). The van der Waals surface area contributed by atoms with Crippen LogP contribution in [-0.2, 0) is 4.74 Å². The molecule has 0 spiro atoms. The van der Waals surface area contributed by atoms with Crippen molar-refractivity contribution in [1.82, 2.24) is 10.2 Å². The minimum Gasteiger partial charge on any atom is -0.373 e. The molecule has 0 amide bonds. The molecule has 1 aliphatic heterocycles. The van der Waals surface area contributed by atoms with E-state index in [1.807, 2.05) is 0 Å². The number of hydrogen-bond donors (Lipinski definition) is 2. The number of morpholine rings is 1. The van der Waals surface area contributed by atoms with Crippen LogP contribution in [0.5, 0.6) is 0 Å². The number of guanidine groups is 1. The fourth-order valence-electron chi connectivity index (χ4n) is 2.28. The van der Waals surface area contributed by atoms with Gasteiger partial charge in [-0.3, -0.25) is 9.89 Å². The molecule has 0 saturated carbocycles. The molecule has 3 N–H and O–H groups in total. The minimum atomic E-state index is -0.0211. The molecule has 1 saturated heterocycles. The molecule has 1 heterocycles. The SMILES string of the molecule is C=CCNC(N)=NCC(C)(C)N1CC(C)OC(C)C1. The van der Waals surface area contributed by atoms with E-state index in [-0.39, 0.29) is 17.7 Å². The molecule has 2 atom stereocenters. The van der Waals surface area contributed by atoms with Gasteiger partial charge in [-0.1, -0.05) is 6.08 Å². The van der Waals surface area contributed by atoms with E-state index in [1.165, 1.54) is 0 Å². The zero-order chi connectivity index (χ0) is 14.5. The maximum atomic E-state index is 5.80. The quantitative estimate of drug-likeness (QED) is 0.443. The lowest BCUT2D eigenvalue weighted by atomic mass is 10.0. The van der Waals surface area contributed by atoms with Gasteiger partial charge in [0.05, 0.1) is 18.8 Å². The van der Waals surface area contributed by atoms with Crippen LogP contribution in [0.4, 0.5) is 0 Å². The molecular weight excluding hydrogens is 240 g/mol. The van der Waals surface area contributed by atoms with Gasteiger partial charge in [-0.05, 0) is 27.7 Å². The van der Waals surface area contributed by atoms with Crippen LogP contribution in [0.15, 0.2) is 17.6 Å². The van der Waals surface area contributed by atoms with E-state index in [1.54, 1.807) is 6.08 Å². The Morgan fingerprint density at radius 1 is 1.47 bits per heavy atom. The van der Waals surface area contributed by atoms with Gasteiger partial charge in [0.15, 0.2) is 5.96 Å². The van der Waals surface area contributed by atoms with Crippen molar-refractivity contribution in [3.8, 4) is 0 Å². The van der Waals surface area contributed by atoms with E-state index in [4.69, 9.17) is 10.5 Å². The van der Waals surface area contributed by atoms with Gasteiger partial charge < -0.3 is 15.8 Å². The third kappa shape index (κ3) is 5.20. The van der Waals surface area contributed by atoms with Crippen molar-refractivity contribution in [3.63, 3.8) is 0 Å². The van der Waals surface area contributed by atoms with Gasteiger partial charge in [-0.15, -0.1) is 6.58 Å². The van der Waals surface area contributed by atoms with Crippen LogP contribution >= 0.6 is 0 Å². The van der Waals surface area contributed by atoms with E-state index < -0.39 is 0 Å². The number of nitrogens with zero attached hydrogens (tertiary/aromatic N) is 2. The highest BCUT2D eigenvalue weighted by Gasteiger charge is 2.32. The fourth-order valence-corrected chi connectivity index (χ4v) is 2.28. The van der Waals surface area contributed by atoms with E-state index in [0.717, 1.165) is 13.1 Å². The molecule has 0 bridgehead atoms. The zero-order valence-corrected chi connectivity index (χ0v) is 12.6. The summed E-state index contributed by atoms with van der Waals surface area (Å²) in [6.07, 6.45) is 2.30. The molecule has 0 aromatic heterocycles.